The lowest BCUT2D eigenvalue weighted by atomic mass is 10.1. The predicted molar refractivity (Wildman–Crippen MR) is 146 cm³/mol. The number of nitro groups is 2. The summed E-state index contributed by atoms with van der Waals surface area (Å²) in [4.78, 5) is 32.4. The number of nitrogens with two attached hydrogens (primary N) is 1. The third-order valence-corrected chi connectivity index (χ3v) is 4.98. The van der Waals surface area contributed by atoms with E-state index in [0.717, 1.165) is 17.7 Å². The van der Waals surface area contributed by atoms with Crippen LogP contribution in [-0.2, 0) is 11.0 Å². The number of hydrazone groups is 1. The van der Waals surface area contributed by atoms with Crippen LogP contribution in [0, 0.1) is 20.2 Å². The summed E-state index contributed by atoms with van der Waals surface area (Å²) in [6.45, 7) is 5.43. The summed E-state index contributed by atoms with van der Waals surface area (Å²) in [5, 5.41) is 28.9. The zero-order valence-corrected chi connectivity index (χ0v) is 22.1. The second-order valence-corrected chi connectivity index (χ2v) is 8.29. The maximum atomic E-state index is 12.8. The Hall–Kier alpha value is -4.34. The molecule has 2 rings (SSSR count). The average molecular weight is 572 g/mol. The Balaban J connectivity index is 0.000000416. The molecule has 0 aliphatic carbocycles. The number of hydrogen-bond acceptors (Lipinski definition) is 8. The third kappa shape index (κ3) is 10.9. The minimum atomic E-state index is -4.91. The van der Waals surface area contributed by atoms with Crippen LogP contribution in [0.4, 0.5) is 35.9 Å². The van der Waals surface area contributed by atoms with E-state index in [-0.39, 0.29) is 29.8 Å². The zero-order chi connectivity index (χ0) is 29.8. The first kappa shape index (κ1) is 32.7. The van der Waals surface area contributed by atoms with Crippen molar-refractivity contribution in [2.75, 3.05) is 23.3 Å². The molecule has 0 aromatic heterocycles. The van der Waals surface area contributed by atoms with E-state index in [1.54, 1.807) is 25.3 Å². The lowest BCUT2D eigenvalue weighted by Crippen LogP contribution is -2.26. The highest BCUT2D eigenvalue weighted by atomic mass is 32.1. The molecule has 0 heterocycles. The number of benzene rings is 2. The normalized spacial score (nSPS) is 10.8. The maximum Gasteiger partial charge on any atom is 0.416 e. The molecule has 1 amide bonds. The molecule has 0 aliphatic heterocycles. The number of thiocarbonyl (C=S) groups is 1. The third-order valence-electron chi connectivity index (χ3n) is 4.89. The molecule has 0 fully saturated rings. The van der Waals surface area contributed by atoms with Gasteiger partial charge in [0.05, 0.1) is 21.6 Å². The van der Waals surface area contributed by atoms with Crippen LogP contribution in [-0.4, -0.2) is 40.2 Å². The number of nitrogens with zero attached hydrogens (tertiary/aromatic N) is 4. The minimum Gasteiger partial charge on any atom is -0.375 e. The quantitative estimate of drug-likeness (QED) is 0.154. The van der Waals surface area contributed by atoms with Crippen LogP contribution in [0.3, 0.4) is 0 Å². The molecule has 39 heavy (non-hydrogen) atoms. The molecule has 0 unspecified atom stereocenters. The van der Waals surface area contributed by atoms with E-state index in [1.807, 2.05) is 19.1 Å². The predicted octanol–water partition coefficient (Wildman–Crippen LogP) is 4.96. The number of halogens is 3. The van der Waals surface area contributed by atoms with E-state index in [9.17, 15) is 38.2 Å². The molecule has 212 valence electrons. The summed E-state index contributed by atoms with van der Waals surface area (Å²) in [5.74, 6) is -0.100. The van der Waals surface area contributed by atoms with Crippen molar-refractivity contribution < 1.29 is 27.8 Å². The van der Waals surface area contributed by atoms with Gasteiger partial charge in [-0.1, -0.05) is 25.5 Å². The second-order valence-electron chi connectivity index (χ2n) is 7.85. The number of amides is 1. The minimum absolute atomic E-state index is 0.100. The summed E-state index contributed by atoms with van der Waals surface area (Å²) in [5.41, 5.74) is 5.64. The van der Waals surface area contributed by atoms with Crippen molar-refractivity contribution in [3.63, 3.8) is 0 Å². The Bertz CT molecular complexity index is 1170. The van der Waals surface area contributed by atoms with Crippen molar-refractivity contribution in [1.29, 1.82) is 0 Å². The lowest BCUT2D eigenvalue weighted by Gasteiger charge is -2.23. The largest absolute Gasteiger partial charge is 0.416 e. The summed E-state index contributed by atoms with van der Waals surface area (Å²) in [7, 11) is 0. The van der Waals surface area contributed by atoms with Gasteiger partial charge in [0.1, 0.15) is 0 Å². The molecule has 4 N–H and O–H groups in total. The molecule has 0 saturated carbocycles. The van der Waals surface area contributed by atoms with Crippen molar-refractivity contribution in [1.82, 2.24) is 5.43 Å². The topological polar surface area (TPSA) is 169 Å². The van der Waals surface area contributed by atoms with E-state index in [4.69, 9.17) is 5.73 Å². The van der Waals surface area contributed by atoms with Crippen molar-refractivity contribution in [3.05, 3.63) is 67.8 Å². The number of alkyl halides is 3. The smallest absolute Gasteiger partial charge is 0.375 e. The van der Waals surface area contributed by atoms with Crippen molar-refractivity contribution in [3.8, 4) is 0 Å². The number of nitro benzene ring substituents is 2. The highest BCUT2D eigenvalue weighted by molar-refractivity contribution is 7.80. The number of nitrogens with one attached hydrogen (secondary N) is 2. The number of rotatable bonds is 10. The fourth-order valence-electron chi connectivity index (χ4n) is 3.17. The SMILES string of the molecule is CC(=O)Nc1ccc(/C=N/NC(N)=S)cc1.CCCCN(CC)c1c([N+](=O)[O-])cc(C(F)(F)F)cc1[N+](=O)[O-]. The summed E-state index contributed by atoms with van der Waals surface area (Å²) in [6, 6.07) is 7.88. The first-order valence-corrected chi connectivity index (χ1v) is 11.9. The van der Waals surface area contributed by atoms with E-state index in [1.165, 1.54) is 11.8 Å². The van der Waals surface area contributed by atoms with Crippen LogP contribution in [0.25, 0.3) is 0 Å². The second kappa shape index (κ2) is 15.2. The molecular formula is C23H28F3N7O5S. The molecule has 0 bridgehead atoms. The van der Waals surface area contributed by atoms with Crippen LogP contribution in [0.2, 0.25) is 0 Å². The van der Waals surface area contributed by atoms with E-state index in [0.29, 0.717) is 18.6 Å². The first-order valence-electron chi connectivity index (χ1n) is 11.5. The standard InChI is InChI=1S/C13H16F3N3O4.C10H12N4OS/c1-3-5-6-17(4-2)12-10(18(20)21)7-9(13(14,15)16)8-11(12)19(22)23;1-7(15)13-9-4-2-8(3-5-9)6-12-14-10(11)16/h7-8H,3-6H2,1-2H3;2-6H,1H3,(H,13,15)(H3,11,14,16)/b;12-6+. The molecule has 0 aliphatic rings. The maximum absolute atomic E-state index is 12.8. The zero-order valence-electron chi connectivity index (χ0n) is 21.3. The molecule has 0 saturated heterocycles. The van der Waals surface area contributed by atoms with Gasteiger partial charge in [-0.2, -0.15) is 18.3 Å². The van der Waals surface area contributed by atoms with Gasteiger partial charge in [-0.3, -0.25) is 30.4 Å². The molecule has 0 radical (unpaired) electrons. The monoisotopic (exact) mass is 571 g/mol. The van der Waals surface area contributed by atoms with Gasteiger partial charge in [0, 0.05) is 37.8 Å². The van der Waals surface area contributed by atoms with Crippen LogP contribution in [0.1, 0.15) is 44.7 Å². The number of unbranched alkanes of at least 4 members (excludes halogenated alkanes) is 1. The highest BCUT2D eigenvalue weighted by Gasteiger charge is 2.38. The van der Waals surface area contributed by atoms with E-state index in [2.05, 4.69) is 28.1 Å². The lowest BCUT2D eigenvalue weighted by molar-refractivity contribution is -0.393. The summed E-state index contributed by atoms with van der Waals surface area (Å²) < 4.78 is 38.5. The molecule has 0 atom stereocenters. The fourth-order valence-corrected chi connectivity index (χ4v) is 3.23. The Labute approximate surface area is 227 Å². The van der Waals surface area contributed by atoms with Gasteiger partial charge in [0.2, 0.25) is 5.91 Å². The van der Waals surface area contributed by atoms with Crippen molar-refractivity contribution in [2.45, 2.75) is 39.8 Å². The number of carbonyl (C=O) groups excluding carboxylic acids is 1. The van der Waals surface area contributed by atoms with Crippen molar-refractivity contribution >= 4 is 52.2 Å². The highest BCUT2D eigenvalue weighted by Crippen LogP contribution is 2.43. The van der Waals surface area contributed by atoms with Gasteiger partial charge in [-0.15, -0.1) is 0 Å². The Morgan fingerprint density at radius 1 is 1.13 bits per heavy atom. The first-order chi connectivity index (χ1) is 18.2. The molecule has 12 nitrogen and oxygen atoms in total. The average Bonchev–Trinajstić information content (AvgIpc) is 2.84. The molecular weight excluding hydrogens is 543 g/mol. The van der Waals surface area contributed by atoms with Crippen molar-refractivity contribution in [2.24, 2.45) is 10.8 Å². The molecule has 0 spiro atoms. The molecule has 16 heteroatoms. The van der Waals surface area contributed by atoms with Gasteiger partial charge >= 0.3 is 6.18 Å². The van der Waals surface area contributed by atoms with Gasteiger partial charge in [-0.05, 0) is 43.3 Å². The molecule has 2 aromatic carbocycles. The number of carbonyl (C=O) groups is 1. The van der Waals surface area contributed by atoms with Gasteiger partial charge in [0.15, 0.2) is 10.8 Å². The van der Waals surface area contributed by atoms with E-state index >= 15 is 0 Å². The van der Waals surface area contributed by atoms with Crippen LogP contribution >= 0.6 is 12.2 Å². The van der Waals surface area contributed by atoms with Gasteiger partial charge in [0.25, 0.3) is 11.4 Å². The van der Waals surface area contributed by atoms with Crippen LogP contribution < -0.4 is 21.4 Å². The summed E-state index contributed by atoms with van der Waals surface area (Å²) in [6.07, 6.45) is -1.99. The number of anilines is 2. The Morgan fingerprint density at radius 2 is 1.67 bits per heavy atom. The van der Waals surface area contributed by atoms with Gasteiger partial charge in [-0.25, -0.2) is 0 Å². The Morgan fingerprint density at radius 3 is 2.05 bits per heavy atom. The van der Waals surface area contributed by atoms with Crippen LogP contribution in [0.15, 0.2) is 41.5 Å². The molecule has 2 aromatic rings. The van der Waals surface area contributed by atoms with Crippen LogP contribution in [0.5, 0.6) is 0 Å². The summed E-state index contributed by atoms with van der Waals surface area (Å²) >= 11 is 4.58. The van der Waals surface area contributed by atoms with E-state index < -0.39 is 33.0 Å². The fraction of sp³-hybridized carbons (Fsp3) is 0.348. The number of hydrogen-bond donors (Lipinski definition) is 3. The Kier molecular flexibility index (Phi) is 12.7. The van der Waals surface area contributed by atoms with Gasteiger partial charge < -0.3 is 16.0 Å².